The maximum absolute atomic E-state index is 14.1. The van der Waals surface area contributed by atoms with Crippen LogP contribution in [0.2, 0.25) is 0 Å². The molecule has 0 radical (unpaired) electrons. The fourth-order valence-electron chi connectivity index (χ4n) is 5.83. The van der Waals surface area contributed by atoms with Crippen LogP contribution in [0, 0.1) is 0 Å². The lowest BCUT2D eigenvalue weighted by atomic mass is 9.96. The van der Waals surface area contributed by atoms with Crippen LogP contribution in [-0.2, 0) is 25.9 Å². The van der Waals surface area contributed by atoms with E-state index in [4.69, 9.17) is 4.74 Å². The Balaban J connectivity index is 1.17. The third-order valence-electron chi connectivity index (χ3n) is 8.19. The normalized spacial score (nSPS) is 18.0. The van der Waals surface area contributed by atoms with Gasteiger partial charge in [-0.15, -0.1) is 0 Å². The number of H-pyrrole nitrogens is 1. The number of aliphatic hydroxyl groups excluding tert-OH is 1. The van der Waals surface area contributed by atoms with Crippen molar-refractivity contribution in [3.05, 3.63) is 76.9 Å². The van der Waals surface area contributed by atoms with Crippen molar-refractivity contribution in [1.82, 2.24) is 29.7 Å². The van der Waals surface area contributed by atoms with E-state index in [-0.39, 0.29) is 36.9 Å². The number of hydrogen-bond acceptors (Lipinski definition) is 7. The highest BCUT2D eigenvalue weighted by molar-refractivity contribution is 5.89. The van der Waals surface area contributed by atoms with E-state index < -0.39 is 17.8 Å². The van der Waals surface area contributed by atoms with Crippen molar-refractivity contribution in [3.63, 3.8) is 0 Å². The highest BCUT2D eigenvalue weighted by Crippen LogP contribution is 2.36. The Kier molecular flexibility index (Phi) is 8.18. The average molecular weight is 610 g/mol. The van der Waals surface area contributed by atoms with E-state index in [1.54, 1.807) is 29.4 Å². The lowest BCUT2D eigenvalue weighted by Crippen LogP contribution is -2.44. The number of piperazine rings is 1. The summed E-state index contributed by atoms with van der Waals surface area (Å²) in [5, 5.41) is 12.9. The summed E-state index contributed by atoms with van der Waals surface area (Å²) in [6, 6.07) is 8.82. The number of anilines is 1. The van der Waals surface area contributed by atoms with E-state index in [2.05, 4.69) is 25.2 Å². The van der Waals surface area contributed by atoms with Crippen LogP contribution in [0.5, 0.6) is 11.5 Å². The number of fused-ring (bicyclic) bond motifs is 2. The first-order chi connectivity index (χ1) is 21.1. The Bertz CT molecular complexity index is 1670. The maximum atomic E-state index is 14.1. The van der Waals surface area contributed by atoms with Gasteiger partial charge in [0, 0.05) is 69.3 Å². The molecule has 0 unspecified atom stereocenters. The van der Waals surface area contributed by atoms with E-state index in [0.29, 0.717) is 47.9 Å². The maximum Gasteiger partial charge on any atom is 0.416 e. The summed E-state index contributed by atoms with van der Waals surface area (Å²) in [4.78, 5) is 30.9. The van der Waals surface area contributed by atoms with Crippen molar-refractivity contribution in [3.8, 4) is 11.5 Å². The molecule has 3 N–H and O–H groups in total. The number of amides is 2. The first-order valence-corrected chi connectivity index (χ1v) is 14.5. The van der Waals surface area contributed by atoms with Gasteiger partial charge in [0.1, 0.15) is 17.1 Å². The van der Waals surface area contributed by atoms with Gasteiger partial charge in [-0.2, -0.15) is 13.2 Å². The fourth-order valence-corrected chi connectivity index (χ4v) is 5.83. The molecule has 0 spiro atoms. The molecule has 0 saturated carbocycles. The number of nitrogens with one attached hydrogen (secondary N) is 2. The molecule has 0 aliphatic carbocycles. The van der Waals surface area contributed by atoms with Crippen molar-refractivity contribution in [2.75, 3.05) is 45.1 Å². The molecule has 1 atom stereocenters. The molecular weight excluding hydrogens is 575 g/mol. The second-order valence-electron chi connectivity index (χ2n) is 11.5. The van der Waals surface area contributed by atoms with Crippen molar-refractivity contribution in [2.24, 2.45) is 0 Å². The molecule has 1 fully saturated rings. The molecule has 232 valence electrons. The molecule has 6 rings (SSSR count). The number of alkyl halides is 3. The number of aromatic nitrogens is 3. The Morgan fingerprint density at radius 3 is 2.68 bits per heavy atom. The summed E-state index contributed by atoms with van der Waals surface area (Å²) in [5.41, 5.74) is 2.34. The topological polar surface area (TPSA) is 110 Å². The Hall–Kier alpha value is -4.20. The van der Waals surface area contributed by atoms with Gasteiger partial charge in [0.15, 0.2) is 0 Å². The van der Waals surface area contributed by atoms with E-state index in [1.165, 1.54) is 12.1 Å². The zero-order valence-electron chi connectivity index (χ0n) is 24.5. The number of ether oxygens (including phenoxy) is 1. The number of aromatic amines is 1. The monoisotopic (exact) mass is 609 g/mol. The minimum absolute atomic E-state index is 0.0913. The number of carbonyl (C=O) groups is 1. The number of carbonyl (C=O) groups excluding carboxylic acids is 1. The standard InChI is InChI=1S/C31H34F3N7O3/c1-19-15-41(17-21-11-24(14-36-28(19)21)44-27-5-6-35-29-25(27)12-23(18-42)37-29)30(43)38-22-4-3-20(26(13-22)31(32,33)34)16-40-9-7-39(2)8-10-40/h3-6,11-14,19,42H,7-10,15-18H2,1-2H3,(H,35,37)(H,38,43)/t19-/m1/s1. The first kappa shape index (κ1) is 29.9. The van der Waals surface area contributed by atoms with Crippen LogP contribution in [0.3, 0.4) is 0 Å². The van der Waals surface area contributed by atoms with Crippen LogP contribution < -0.4 is 10.1 Å². The first-order valence-electron chi connectivity index (χ1n) is 14.5. The van der Waals surface area contributed by atoms with Gasteiger partial charge in [0.05, 0.1) is 29.4 Å². The molecule has 5 heterocycles. The molecule has 1 aromatic carbocycles. The number of nitrogens with zero attached hydrogens (tertiary/aromatic N) is 5. The van der Waals surface area contributed by atoms with E-state index in [9.17, 15) is 23.1 Å². The van der Waals surface area contributed by atoms with Crippen LogP contribution in [0.4, 0.5) is 23.7 Å². The fraction of sp³-hybridized carbons (Fsp3) is 0.387. The number of likely N-dealkylation sites (N-methyl/N-ethyl adjacent to an activating group) is 1. The number of rotatable bonds is 6. The summed E-state index contributed by atoms with van der Waals surface area (Å²) in [6.07, 6.45) is -1.33. The van der Waals surface area contributed by atoms with Gasteiger partial charge >= 0.3 is 12.2 Å². The van der Waals surface area contributed by atoms with Crippen molar-refractivity contribution in [1.29, 1.82) is 0 Å². The quantitative estimate of drug-likeness (QED) is 0.277. The van der Waals surface area contributed by atoms with Crippen LogP contribution in [0.1, 0.15) is 40.9 Å². The summed E-state index contributed by atoms with van der Waals surface area (Å²) >= 11 is 0. The van der Waals surface area contributed by atoms with Gasteiger partial charge in [-0.25, -0.2) is 9.78 Å². The predicted octanol–water partition coefficient (Wildman–Crippen LogP) is 5.16. The highest BCUT2D eigenvalue weighted by atomic mass is 19.4. The van der Waals surface area contributed by atoms with Crippen molar-refractivity contribution in [2.45, 2.75) is 38.7 Å². The van der Waals surface area contributed by atoms with E-state index in [1.807, 2.05) is 24.9 Å². The number of aliphatic hydroxyl groups is 1. The number of hydrogen-bond donors (Lipinski definition) is 3. The smallest absolute Gasteiger partial charge is 0.416 e. The highest BCUT2D eigenvalue weighted by Gasteiger charge is 2.35. The minimum atomic E-state index is -4.55. The molecule has 0 bridgehead atoms. The van der Waals surface area contributed by atoms with Crippen LogP contribution in [0.15, 0.2) is 48.8 Å². The minimum Gasteiger partial charge on any atom is -0.455 e. The van der Waals surface area contributed by atoms with Crippen LogP contribution in [-0.4, -0.2) is 80.6 Å². The van der Waals surface area contributed by atoms with Gasteiger partial charge in [-0.1, -0.05) is 13.0 Å². The summed E-state index contributed by atoms with van der Waals surface area (Å²) in [7, 11) is 2.00. The molecule has 3 aromatic heterocycles. The number of halogens is 3. The van der Waals surface area contributed by atoms with Gasteiger partial charge in [0.25, 0.3) is 0 Å². The molecule has 1 saturated heterocycles. The van der Waals surface area contributed by atoms with Gasteiger partial charge in [0.2, 0.25) is 0 Å². The summed E-state index contributed by atoms with van der Waals surface area (Å²) < 4.78 is 48.3. The van der Waals surface area contributed by atoms with Gasteiger partial charge in [-0.05, 0) is 48.5 Å². The number of benzene rings is 1. The van der Waals surface area contributed by atoms with E-state index >= 15 is 0 Å². The molecule has 2 amide bonds. The Labute approximate surface area is 252 Å². The van der Waals surface area contributed by atoms with Crippen molar-refractivity contribution < 1.29 is 27.8 Å². The Morgan fingerprint density at radius 2 is 1.93 bits per heavy atom. The number of urea groups is 1. The largest absolute Gasteiger partial charge is 0.455 e. The summed E-state index contributed by atoms with van der Waals surface area (Å²) in [5.74, 6) is 0.894. The van der Waals surface area contributed by atoms with Gasteiger partial charge < -0.3 is 29.9 Å². The van der Waals surface area contributed by atoms with Gasteiger partial charge in [-0.3, -0.25) is 9.88 Å². The molecule has 2 aliphatic heterocycles. The zero-order chi connectivity index (χ0) is 31.0. The molecule has 44 heavy (non-hydrogen) atoms. The molecule has 13 heteroatoms. The predicted molar refractivity (Wildman–Crippen MR) is 158 cm³/mol. The lowest BCUT2D eigenvalue weighted by molar-refractivity contribution is -0.138. The third kappa shape index (κ3) is 6.35. The van der Waals surface area contributed by atoms with Crippen LogP contribution >= 0.6 is 0 Å². The third-order valence-corrected chi connectivity index (χ3v) is 8.19. The SMILES string of the molecule is C[C@@H]1CN(C(=O)Nc2ccc(CN3CCN(C)CC3)c(C(F)(F)F)c2)Cc2cc(Oc3ccnc4[nH]c(CO)cc34)cnc21. The van der Waals surface area contributed by atoms with Crippen molar-refractivity contribution >= 4 is 22.8 Å². The second kappa shape index (κ2) is 12.1. The lowest BCUT2D eigenvalue weighted by Gasteiger charge is -2.33. The Morgan fingerprint density at radius 1 is 1.14 bits per heavy atom. The van der Waals surface area contributed by atoms with E-state index in [0.717, 1.165) is 30.4 Å². The van der Waals surface area contributed by atoms with Crippen LogP contribution in [0.25, 0.3) is 11.0 Å². The second-order valence-corrected chi connectivity index (χ2v) is 11.5. The molecule has 2 aliphatic rings. The molecule has 10 nitrogen and oxygen atoms in total. The average Bonchev–Trinajstić information content (AvgIpc) is 3.43. The molecule has 4 aromatic rings. The summed E-state index contributed by atoms with van der Waals surface area (Å²) in [6.45, 7) is 5.58. The zero-order valence-corrected chi connectivity index (χ0v) is 24.5. The molecular formula is C31H34F3N7O3. The number of pyridine rings is 2.